The summed E-state index contributed by atoms with van der Waals surface area (Å²) in [6.07, 6.45) is 10.3. The zero-order chi connectivity index (χ0) is 15.9. The normalized spacial score (nSPS) is 12.1. The molecule has 2 N–H and O–H groups in total. The van der Waals surface area contributed by atoms with E-state index in [-0.39, 0.29) is 12.3 Å². The molecule has 0 spiro atoms. The van der Waals surface area contributed by atoms with E-state index in [0.29, 0.717) is 13.2 Å². The second-order valence-electron chi connectivity index (χ2n) is 5.46. The largest absolute Gasteiger partial charge is 0.480 e. The summed E-state index contributed by atoms with van der Waals surface area (Å²) in [5, 5.41) is 11.0. The van der Waals surface area contributed by atoms with Crippen LogP contribution in [-0.4, -0.2) is 36.2 Å². The molecule has 0 bridgehead atoms. The lowest BCUT2D eigenvalue weighted by atomic mass is 10.1. The van der Waals surface area contributed by atoms with Crippen LogP contribution in [0, 0.1) is 0 Å². The van der Waals surface area contributed by atoms with Crippen molar-refractivity contribution in [2.45, 2.75) is 77.7 Å². The van der Waals surface area contributed by atoms with Gasteiger partial charge in [0.15, 0.2) is 0 Å². The van der Waals surface area contributed by atoms with Crippen molar-refractivity contribution in [3.63, 3.8) is 0 Å². The molecule has 124 valence electrons. The molecule has 5 heteroatoms. The van der Waals surface area contributed by atoms with Crippen molar-refractivity contribution in [1.29, 1.82) is 0 Å². The molecule has 0 fully saturated rings. The standard InChI is InChI=1S/C16H31NO4/c1-3-4-5-6-7-8-9-10-12-21-13-11-15(18)17-14(2)16(19)20/h14H,3-13H2,1-2H3,(H,17,18)(H,19,20)/t14-/m0/s1. The lowest BCUT2D eigenvalue weighted by molar-refractivity contribution is -0.141. The summed E-state index contributed by atoms with van der Waals surface area (Å²) in [6.45, 7) is 4.70. The summed E-state index contributed by atoms with van der Waals surface area (Å²) in [6, 6.07) is -0.842. The van der Waals surface area contributed by atoms with E-state index in [0.717, 1.165) is 6.42 Å². The first-order valence-corrected chi connectivity index (χ1v) is 8.17. The van der Waals surface area contributed by atoms with Crippen molar-refractivity contribution in [3.8, 4) is 0 Å². The van der Waals surface area contributed by atoms with Crippen LogP contribution in [0.25, 0.3) is 0 Å². The summed E-state index contributed by atoms with van der Waals surface area (Å²) in [5.41, 5.74) is 0. The highest BCUT2D eigenvalue weighted by Crippen LogP contribution is 2.08. The molecule has 0 saturated carbocycles. The number of aliphatic carboxylic acids is 1. The Hall–Kier alpha value is -1.10. The Balaban J connectivity index is 3.25. The number of carboxylic acid groups (broad SMARTS) is 1. The monoisotopic (exact) mass is 301 g/mol. The molecule has 0 aromatic carbocycles. The average Bonchev–Trinajstić information content (AvgIpc) is 2.44. The minimum Gasteiger partial charge on any atom is -0.480 e. The van der Waals surface area contributed by atoms with Crippen LogP contribution in [0.4, 0.5) is 0 Å². The second-order valence-corrected chi connectivity index (χ2v) is 5.46. The first-order chi connectivity index (χ1) is 10.1. The van der Waals surface area contributed by atoms with Gasteiger partial charge in [-0.15, -0.1) is 0 Å². The van der Waals surface area contributed by atoms with Gasteiger partial charge in [-0.2, -0.15) is 0 Å². The molecule has 0 aliphatic rings. The van der Waals surface area contributed by atoms with Crippen LogP contribution in [0.1, 0.15) is 71.6 Å². The smallest absolute Gasteiger partial charge is 0.325 e. The molecule has 0 unspecified atom stereocenters. The molecule has 0 aliphatic heterocycles. The maximum atomic E-state index is 11.4. The van der Waals surface area contributed by atoms with Crippen LogP contribution in [-0.2, 0) is 14.3 Å². The first kappa shape index (κ1) is 19.9. The van der Waals surface area contributed by atoms with Crippen LogP contribution in [0.2, 0.25) is 0 Å². The number of ether oxygens (including phenoxy) is 1. The van der Waals surface area contributed by atoms with Gasteiger partial charge in [-0.25, -0.2) is 0 Å². The molecule has 0 saturated heterocycles. The predicted molar refractivity (Wildman–Crippen MR) is 83.3 cm³/mol. The maximum Gasteiger partial charge on any atom is 0.325 e. The molecule has 0 aliphatic carbocycles. The number of rotatable bonds is 14. The number of hydrogen-bond donors (Lipinski definition) is 2. The van der Waals surface area contributed by atoms with Gasteiger partial charge >= 0.3 is 5.97 Å². The van der Waals surface area contributed by atoms with Crippen molar-refractivity contribution in [2.75, 3.05) is 13.2 Å². The highest BCUT2D eigenvalue weighted by molar-refractivity contribution is 5.83. The van der Waals surface area contributed by atoms with Gasteiger partial charge in [0, 0.05) is 13.0 Å². The van der Waals surface area contributed by atoms with Crippen LogP contribution in [0.15, 0.2) is 0 Å². The second kappa shape index (κ2) is 13.9. The number of carboxylic acids is 1. The number of unbranched alkanes of at least 4 members (excludes halogenated alkanes) is 7. The molecule has 21 heavy (non-hydrogen) atoms. The maximum absolute atomic E-state index is 11.4. The molecule has 0 heterocycles. The topological polar surface area (TPSA) is 75.6 Å². The number of carbonyl (C=O) groups excluding carboxylic acids is 1. The van der Waals surface area contributed by atoms with Crippen molar-refractivity contribution in [3.05, 3.63) is 0 Å². The number of amides is 1. The zero-order valence-corrected chi connectivity index (χ0v) is 13.5. The lowest BCUT2D eigenvalue weighted by Crippen LogP contribution is -2.38. The summed E-state index contributed by atoms with van der Waals surface area (Å²) in [7, 11) is 0. The van der Waals surface area contributed by atoms with Crippen molar-refractivity contribution >= 4 is 11.9 Å². The van der Waals surface area contributed by atoms with E-state index < -0.39 is 12.0 Å². The van der Waals surface area contributed by atoms with E-state index in [1.165, 1.54) is 51.9 Å². The summed E-state index contributed by atoms with van der Waals surface area (Å²) < 4.78 is 5.38. The van der Waals surface area contributed by atoms with Crippen molar-refractivity contribution in [2.24, 2.45) is 0 Å². The molecule has 0 rings (SSSR count). The van der Waals surface area contributed by atoms with Gasteiger partial charge in [0.05, 0.1) is 6.61 Å². The van der Waals surface area contributed by atoms with Crippen LogP contribution in [0.3, 0.4) is 0 Å². The lowest BCUT2D eigenvalue weighted by Gasteiger charge is -2.09. The molecule has 0 aromatic heterocycles. The van der Waals surface area contributed by atoms with Gasteiger partial charge in [-0.05, 0) is 13.3 Å². The Labute approximate surface area is 128 Å². The molecular formula is C16H31NO4. The van der Waals surface area contributed by atoms with E-state index in [1.54, 1.807) is 0 Å². The fraction of sp³-hybridized carbons (Fsp3) is 0.875. The average molecular weight is 301 g/mol. The number of carbonyl (C=O) groups is 2. The van der Waals surface area contributed by atoms with Gasteiger partial charge in [-0.1, -0.05) is 51.9 Å². The molecular weight excluding hydrogens is 270 g/mol. The molecule has 1 amide bonds. The Kier molecular flexibility index (Phi) is 13.1. The van der Waals surface area contributed by atoms with Gasteiger partial charge in [0.1, 0.15) is 6.04 Å². The molecule has 5 nitrogen and oxygen atoms in total. The quantitative estimate of drug-likeness (QED) is 0.483. The fourth-order valence-electron chi connectivity index (χ4n) is 1.98. The van der Waals surface area contributed by atoms with E-state index >= 15 is 0 Å². The van der Waals surface area contributed by atoms with E-state index in [9.17, 15) is 9.59 Å². The van der Waals surface area contributed by atoms with E-state index in [1.807, 2.05) is 0 Å². The SMILES string of the molecule is CCCCCCCCCCOCCC(=O)N[C@@H](C)C(=O)O. The minimum atomic E-state index is -1.02. The summed E-state index contributed by atoms with van der Waals surface area (Å²) in [4.78, 5) is 21.9. The van der Waals surface area contributed by atoms with Crippen molar-refractivity contribution < 1.29 is 19.4 Å². The highest BCUT2D eigenvalue weighted by atomic mass is 16.5. The van der Waals surface area contributed by atoms with Crippen LogP contribution in [0.5, 0.6) is 0 Å². The van der Waals surface area contributed by atoms with Gasteiger partial charge < -0.3 is 15.2 Å². The Bertz CT molecular complexity index is 281. The predicted octanol–water partition coefficient (Wildman–Crippen LogP) is 3.12. The zero-order valence-electron chi connectivity index (χ0n) is 13.5. The van der Waals surface area contributed by atoms with Gasteiger partial charge in [-0.3, -0.25) is 9.59 Å². The summed E-state index contributed by atoms with van der Waals surface area (Å²) >= 11 is 0. The van der Waals surface area contributed by atoms with Crippen molar-refractivity contribution in [1.82, 2.24) is 5.32 Å². The van der Waals surface area contributed by atoms with Crippen LogP contribution >= 0.6 is 0 Å². The molecule has 0 radical (unpaired) electrons. The minimum absolute atomic E-state index is 0.217. The Morgan fingerprint density at radius 2 is 1.57 bits per heavy atom. The van der Waals surface area contributed by atoms with Gasteiger partial charge in [0.25, 0.3) is 0 Å². The third-order valence-corrected chi connectivity index (χ3v) is 3.36. The fourth-order valence-corrected chi connectivity index (χ4v) is 1.98. The highest BCUT2D eigenvalue weighted by Gasteiger charge is 2.13. The molecule has 1 atom stereocenters. The Morgan fingerprint density at radius 3 is 2.14 bits per heavy atom. The van der Waals surface area contributed by atoms with E-state index in [2.05, 4.69) is 12.2 Å². The third-order valence-electron chi connectivity index (χ3n) is 3.36. The Morgan fingerprint density at radius 1 is 1.00 bits per heavy atom. The first-order valence-electron chi connectivity index (χ1n) is 8.17. The summed E-state index contributed by atoms with van der Waals surface area (Å²) in [5.74, 6) is -1.30. The molecule has 0 aromatic rings. The van der Waals surface area contributed by atoms with Crippen LogP contribution < -0.4 is 5.32 Å². The third kappa shape index (κ3) is 13.6. The van der Waals surface area contributed by atoms with E-state index in [4.69, 9.17) is 9.84 Å². The van der Waals surface area contributed by atoms with Gasteiger partial charge in [0.2, 0.25) is 5.91 Å². The number of nitrogens with one attached hydrogen (secondary N) is 1. The number of hydrogen-bond acceptors (Lipinski definition) is 3.